The first-order valence-corrected chi connectivity index (χ1v) is 8.68. The Kier molecular flexibility index (Phi) is 5.91. The zero-order valence-corrected chi connectivity index (χ0v) is 16.4. The van der Waals surface area contributed by atoms with Crippen LogP contribution in [0.1, 0.15) is 52.9 Å². The number of aromatic amines is 1. The van der Waals surface area contributed by atoms with E-state index in [-0.39, 0.29) is 17.9 Å². The number of esters is 2. The molecule has 1 fully saturated rings. The second-order valence-corrected chi connectivity index (χ2v) is 6.88. The summed E-state index contributed by atoms with van der Waals surface area (Å²) in [6.45, 7) is 6.91. The molecule has 0 aromatic carbocycles. The number of carbonyl (C=O) groups is 5. The number of hydrogen-bond acceptors (Lipinski definition) is 7. The minimum absolute atomic E-state index is 0.129. The maximum absolute atomic E-state index is 12.4. The number of amides is 3. The number of urea groups is 1. The summed E-state index contributed by atoms with van der Waals surface area (Å²) in [7, 11) is 0. The summed E-state index contributed by atoms with van der Waals surface area (Å²) < 4.78 is 9.86. The molecule has 10 nitrogen and oxygen atoms in total. The van der Waals surface area contributed by atoms with Gasteiger partial charge in [-0.3, -0.25) is 19.3 Å². The van der Waals surface area contributed by atoms with E-state index in [0.29, 0.717) is 11.3 Å². The number of nitrogens with zero attached hydrogens (tertiary/aromatic N) is 1. The number of ether oxygens (including phenoxy) is 2. The zero-order chi connectivity index (χ0) is 21.2. The van der Waals surface area contributed by atoms with Crippen LogP contribution in [0.15, 0.2) is 0 Å². The fourth-order valence-electron chi connectivity index (χ4n) is 2.89. The van der Waals surface area contributed by atoms with Crippen LogP contribution in [0.3, 0.4) is 0 Å². The molecule has 28 heavy (non-hydrogen) atoms. The van der Waals surface area contributed by atoms with Gasteiger partial charge < -0.3 is 19.8 Å². The molecule has 1 saturated heterocycles. The molecule has 0 radical (unpaired) electrons. The van der Waals surface area contributed by atoms with Crippen molar-refractivity contribution < 1.29 is 33.4 Å². The van der Waals surface area contributed by atoms with Crippen LogP contribution in [-0.4, -0.2) is 64.8 Å². The van der Waals surface area contributed by atoms with Crippen LogP contribution < -0.4 is 5.32 Å². The predicted molar refractivity (Wildman–Crippen MR) is 95.8 cm³/mol. The number of nitrogens with one attached hydrogen (secondary N) is 2. The molecule has 3 amide bonds. The smallest absolute Gasteiger partial charge is 0.340 e. The van der Waals surface area contributed by atoms with Gasteiger partial charge in [0.2, 0.25) is 5.78 Å². The van der Waals surface area contributed by atoms with Crippen molar-refractivity contribution in [3.63, 3.8) is 0 Å². The van der Waals surface area contributed by atoms with Gasteiger partial charge in [0, 0.05) is 5.69 Å². The quantitative estimate of drug-likeness (QED) is 0.398. The monoisotopic (exact) mass is 393 g/mol. The fraction of sp³-hybridized carbons (Fsp3) is 0.500. The number of rotatable bonds is 7. The van der Waals surface area contributed by atoms with E-state index in [1.165, 1.54) is 13.8 Å². The minimum Gasteiger partial charge on any atom is -0.462 e. The molecule has 2 N–H and O–H groups in total. The highest BCUT2D eigenvalue weighted by Crippen LogP contribution is 2.20. The highest BCUT2D eigenvalue weighted by atomic mass is 16.5. The van der Waals surface area contributed by atoms with Crippen LogP contribution in [-0.2, 0) is 19.1 Å². The number of aromatic nitrogens is 1. The lowest BCUT2D eigenvalue weighted by atomic mass is 10.1. The highest BCUT2D eigenvalue weighted by molar-refractivity contribution is 6.08. The maximum atomic E-state index is 12.4. The summed E-state index contributed by atoms with van der Waals surface area (Å²) in [5, 5.41) is 2.44. The van der Waals surface area contributed by atoms with Gasteiger partial charge in [0.05, 0.1) is 17.9 Å². The lowest BCUT2D eigenvalue weighted by Gasteiger charge is -2.15. The van der Waals surface area contributed by atoms with Crippen LogP contribution >= 0.6 is 0 Å². The summed E-state index contributed by atoms with van der Waals surface area (Å²) in [5.74, 6) is -2.57. The Hall–Kier alpha value is -3.17. The number of H-pyrrole nitrogens is 1. The topological polar surface area (TPSA) is 135 Å². The van der Waals surface area contributed by atoms with E-state index >= 15 is 0 Å². The third kappa shape index (κ3) is 4.05. The molecule has 0 bridgehead atoms. The average Bonchev–Trinajstić information content (AvgIpc) is 3.00. The van der Waals surface area contributed by atoms with E-state index in [9.17, 15) is 24.0 Å². The Morgan fingerprint density at radius 1 is 1.11 bits per heavy atom. The van der Waals surface area contributed by atoms with E-state index in [1.807, 2.05) is 0 Å². The molecule has 1 aromatic rings. The molecule has 152 valence electrons. The van der Waals surface area contributed by atoms with E-state index < -0.39 is 48.4 Å². The van der Waals surface area contributed by atoms with Crippen LogP contribution in [0.4, 0.5) is 4.79 Å². The van der Waals surface area contributed by atoms with Gasteiger partial charge in [-0.05, 0) is 40.2 Å². The number of ketones is 1. The van der Waals surface area contributed by atoms with E-state index in [4.69, 9.17) is 9.47 Å². The Morgan fingerprint density at radius 3 is 2.29 bits per heavy atom. The van der Waals surface area contributed by atoms with Crippen molar-refractivity contribution in [2.24, 2.45) is 0 Å². The maximum Gasteiger partial charge on any atom is 0.340 e. The van der Waals surface area contributed by atoms with Gasteiger partial charge in [-0.1, -0.05) is 0 Å². The number of hydrogen-bond donors (Lipinski definition) is 2. The standard InChI is InChI=1S/C18H23N3O7/c1-6-27-15(24)13-9(2)14(19-10(13)3)11(22)8-28-12(23)7-21-16(25)18(4,5)20-17(21)26/h19H,6-8H2,1-5H3,(H,20,26). The molecule has 0 aliphatic carbocycles. The average molecular weight is 393 g/mol. The third-order valence-electron chi connectivity index (χ3n) is 4.29. The molecule has 0 atom stereocenters. The molecule has 1 aliphatic heterocycles. The summed E-state index contributed by atoms with van der Waals surface area (Å²) in [6, 6.07) is -0.701. The van der Waals surface area contributed by atoms with Crippen molar-refractivity contribution in [2.75, 3.05) is 19.8 Å². The molecule has 2 heterocycles. The lowest BCUT2D eigenvalue weighted by Crippen LogP contribution is -2.41. The molecule has 10 heteroatoms. The van der Waals surface area contributed by atoms with Gasteiger partial charge in [0.1, 0.15) is 12.1 Å². The summed E-state index contributed by atoms with van der Waals surface area (Å²) >= 11 is 0. The normalized spacial score (nSPS) is 15.4. The second kappa shape index (κ2) is 7.83. The van der Waals surface area contributed by atoms with Crippen molar-refractivity contribution in [2.45, 2.75) is 40.2 Å². The molecule has 0 spiro atoms. The Labute approximate surface area is 161 Å². The lowest BCUT2D eigenvalue weighted by molar-refractivity contribution is -0.146. The Bertz CT molecular complexity index is 854. The van der Waals surface area contributed by atoms with Crippen LogP contribution in [0.25, 0.3) is 0 Å². The van der Waals surface area contributed by atoms with Crippen molar-refractivity contribution in [3.8, 4) is 0 Å². The summed E-state index contributed by atoms with van der Waals surface area (Å²) in [5.41, 5.74) is 0.151. The molecular formula is C18H23N3O7. The van der Waals surface area contributed by atoms with Crippen molar-refractivity contribution >= 4 is 29.7 Å². The molecular weight excluding hydrogens is 370 g/mol. The first-order valence-electron chi connectivity index (χ1n) is 8.68. The molecule has 1 aromatic heterocycles. The first-order chi connectivity index (χ1) is 13.0. The Morgan fingerprint density at radius 2 is 1.75 bits per heavy atom. The predicted octanol–water partition coefficient (Wildman–Crippen LogP) is 0.865. The summed E-state index contributed by atoms with van der Waals surface area (Å²) in [4.78, 5) is 63.7. The molecule has 2 rings (SSSR count). The van der Waals surface area contributed by atoms with E-state index in [2.05, 4.69) is 10.3 Å². The summed E-state index contributed by atoms with van der Waals surface area (Å²) in [6.07, 6.45) is 0. The first kappa shape index (κ1) is 21.1. The number of imide groups is 1. The van der Waals surface area contributed by atoms with Gasteiger partial charge in [-0.15, -0.1) is 0 Å². The van der Waals surface area contributed by atoms with Crippen LogP contribution in [0.5, 0.6) is 0 Å². The van der Waals surface area contributed by atoms with E-state index in [0.717, 1.165) is 4.90 Å². The zero-order valence-electron chi connectivity index (χ0n) is 16.4. The molecule has 1 aliphatic rings. The van der Waals surface area contributed by atoms with Crippen LogP contribution in [0, 0.1) is 13.8 Å². The third-order valence-corrected chi connectivity index (χ3v) is 4.29. The molecule has 0 unspecified atom stereocenters. The number of Topliss-reactive ketones (excluding diaryl/α,β-unsaturated/α-hetero) is 1. The minimum atomic E-state index is -1.10. The largest absolute Gasteiger partial charge is 0.462 e. The van der Waals surface area contributed by atoms with Gasteiger partial charge in [0.25, 0.3) is 5.91 Å². The fourth-order valence-corrected chi connectivity index (χ4v) is 2.89. The number of aryl methyl sites for hydroxylation is 1. The second-order valence-electron chi connectivity index (χ2n) is 6.88. The SMILES string of the molecule is CCOC(=O)c1c(C)[nH]c(C(=O)COC(=O)CN2C(=O)NC(C)(C)C2=O)c1C. The van der Waals surface area contributed by atoms with Crippen molar-refractivity contribution in [3.05, 3.63) is 22.5 Å². The van der Waals surface area contributed by atoms with Crippen molar-refractivity contribution in [1.82, 2.24) is 15.2 Å². The van der Waals surface area contributed by atoms with Crippen molar-refractivity contribution in [1.29, 1.82) is 0 Å². The molecule has 0 saturated carbocycles. The Balaban J connectivity index is 2.00. The van der Waals surface area contributed by atoms with E-state index in [1.54, 1.807) is 20.8 Å². The van der Waals surface area contributed by atoms with Gasteiger partial charge >= 0.3 is 18.0 Å². The number of carbonyl (C=O) groups excluding carboxylic acids is 5. The van der Waals surface area contributed by atoms with Gasteiger partial charge in [-0.2, -0.15) is 0 Å². The van der Waals surface area contributed by atoms with Crippen LogP contribution in [0.2, 0.25) is 0 Å². The highest BCUT2D eigenvalue weighted by Gasteiger charge is 2.45. The van der Waals surface area contributed by atoms with Gasteiger partial charge in [0.15, 0.2) is 6.61 Å². The van der Waals surface area contributed by atoms with Gasteiger partial charge in [-0.25, -0.2) is 9.59 Å².